The minimum atomic E-state index is -0.517. The lowest BCUT2D eigenvalue weighted by atomic mass is 9.46. The van der Waals surface area contributed by atoms with Crippen molar-refractivity contribution in [3.63, 3.8) is 0 Å². The second-order valence-corrected chi connectivity index (χ2v) is 10.4. The van der Waals surface area contributed by atoms with E-state index in [9.17, 15) is 4.79 Å². The van der Waals surface area contributed by atoms with Crippen molar-refractivity contribution in [2.45, 2.75) is 70.4 Å². The summed E-state index contributed by atoms with van der Waals surface area (Å²) in [5.74, 6) is 0.484. The first-order valence-corrected chi connectivity index (χ1v) is 11.2. The van der Waals surface area contributed by atoms with Crippen LogP contribution in [0.2, 0.25) is 0 Å². The van der Waals surface area contributed by atoms with Crippen molar-refractivity contribution in [2.24, 2.45) is 28.6 Å². The van der Waals surface area contributed by atoms with Gasteiger partial charge in [-0.05, 0) is 49.0 Å². The molecule has 154 valence electrons. The zero-order valence-electron chi connectivity index (χ0n) is 17.1. The Balaban J connectivity index is 1.37. The van der Waals surface area contributed by atoms with Crippen LogP contribution < -0.4 is 0 Å². The molecule has 6 rings (SSSR count). The van der Waals surface area contributed by atoms with Crippen LogP contribution >= 0.6 is 0 Å². The Labute approximate surface area is 167 Å². The van der Waals surface area contributed by atoms with E-state index >= 15 is 0 Å². The molecule has 0 N–H and O–H groups in total. The van der Waals surface area contributed by atoms with Gasteiger partial charge in [0.25, 0.3) is 0 Å². The maximum Gasteiger partial charge on any atom is 0.188 e. The third-order valence-corrected chi connectivity index (χ3v) is 9.39. The van der Waals surface area contributed by atoms with Gasteiger partial charge in [0.05, 0.1) is 26.4 Å². The van der Waals surface area contributed by atoms with Crippen molar-refractivity contribution in [3.05, 3.63) is 11.6 Å². The quantitative estimate of drug-likeness (QED) is 0.594. The largest absolute Gasteiger partial charge is 0.347 e. The van der Waals surface area contributed by atoms with Gasteiger partial charge in [-0.3, -0.25) is 4.79 Å². The zero-order chi connectivity index (χ0) is 19.2. The Morgan fingerprint density at radius 2 is 1.64 bits per heavy atom. The molecule has 0 aromatic rings. The van der Waals surface area contributed by atoms with Gasteiger partial charge in [0, 0.05) is 30.6 Å². The van der Waals surface area contributed by atoms with Crippen molar-refractivity contribution in [1.29, 1.82) is 0 Å². The van der Waals surface area contributed by atoms with Gasteiger partial charge in [0.1, 0.15) is 5.78 Å². The fourth-order valence-electron chi connectivity index (χ4n) is 8.08. The number of hydrogen-bond donors (Lipinski definition) is 0. The van der Waals surface area contributed by atoms with E-state index in [2.05, 4.69) is 19.9 Å². The molecule has 0 radical (unpaired) electrons. The normalized spacial score (nSPS) is 48.4. The van der Waals surface area contributed by atoms with E-state index in [1.807, 2.05) is 0 Å². The Morgan fingerprint density at radius 3 is 2.39 bits per heavy atom. The first kappa shape index (κ1) is 18.1. The highest BCUT2D eigenvalue weighted by Crippen LogP contribution is 2.68. The molecule has 2 aliphatic heterocycles. The molecule has 2 heterocycles. The molecule has 5 fully saturated rings. The average molecular weight is 389 g/mol. The summed E-state index contributed by atoms with van der Waals surface area (Å²) in [5.41, 5.74) is 1.18. The number of carbonyl (C=O) groups excluding carboxylic acids is 1. The number of ketones is 1. The molecule has 5 nitrogen and oxygen atoms in total. The molecule has 0 aromatic carbocycles. The fourth-order valence-corrected chi connectivity index (χ4v) is 8.08. The summed E-state index contributed by atoms with van der Waals surface area (Å²) in [7, 11) is 0. The van der Waals surface area contributed by atoms with E-state index in [-0.39, 0.29) is 16.7 Å². The van der Waals surface area contributed by atoms with Gasteiger partial charge >= 0.3 is 0 Å². The second kappa shape index (κ2) is 5.69. The zero-order valence-corrected chi connectivity index (χ0v) is 17.1. The summed E-state index contributed by atoms with van der Waals surface area (Å²) in [4.78, 5) is 13.7. The maximum absolute atomic E-state index is 13.7. The maximum atomic E-state index is 13.7. The fraction of sp³-hybridized carbons (Fsp3) is 0.870. The summed E-state index contributed by atoms with van der Waals surface area (Å²) >= 11 is 0. The van der Waals surface area contributed by atoms with E-state index in [1.165, 1.54) is 5.57 Å². The Hall–Kier alpha value is -0.750. The number of Topliss-reactive ketones (excluding diaryl/α,β-unsaturated/α-hetero) is 1. The third kappa shape index (κ3) is 2.09. The molecule has 2 saturated heterocycles. The summed E-state index contributed by atoms with van der Waals surface area (Å²) < 4.78 is 24.3. The summed E-state index contributed by atoms with van der Waals surface area (Å²) in [5, 5.41) is 0. The van der Waals surface area contributed by atoms with E-state index in [0.29, 0.717) is 50.5 Å². The van der Waals surface area contributed by atoms with Gasteiger partial charge in [0.15, 0.2) is 11.6 Å². The van der Waals surface area contributed by atoms with Crippen LogP contribution in [0.3, 0.4) is 0 Å². The topological polar surface area (TPSA) is 54.0 Å². The standard InChI is InChI=1S/C23H32O5/c1-20-7-8-22(25-9-10-26-22)13-15(20)3-4-16-17-5-6-23(27-11-12-28-23)21(17,2)14-18(24)19(16)20/h13,16-17,19H,3-12,14H2,1-2H3/t16-,17-,19-,20+,21-/m1/s1. The Kier molecular flexibility index (Phi) is 3.67. The molecule has 0 aromatic heterocycles. The first-order valence-electron chi connectivity index (χ1n) is 11.2. The summed E-state index contributed by atoms with van der Waals surface area (Å²) in [6, 6.07) is 0. The highest BCUT2D eigenvalue weighted by atomic mass is 16.7. The molecule has 0 bridgehead atoms. The second-order valence-electron chi connectivity index (χ2n) is 10.4. The number of allylic oxidation sites excluding steroid dienone is 1. The van der Waals surface area contributed by atoms with E-state index in [1.54, 1.807) is 0 Å². The monoisotopic (exact) mass is 388 g/mol. The lowest BCUT2D eigenvalue weighted by Crippen LogP contribution is -2.59. The molecule has 0 amide bonds. The predicted octanol–water partition coefficient (Wildman–Crippen LogP) is 3.61. The highest BCUT2D eigenvalue weighted by molar-refractivity contribution is 5.85. The molecule has 2 spiro atoms. The van der Waals surface area contributed by atoms with Gasteiger partial charge in [-0.2, -0.15) is 0 Å². The first-order chi connectivity index (χ1) is 13.4. The van der Waals surface area contributed by atoms with Gasteiger partial charge in [-0.25, -0.2) is 0 Å². The van der Waals surface area contributed by atoms with Crippen molar-refractivity contribution >= 4 is 5.78 Å². The van der Waals surface area contributed by atoms with E-state index < -0.39 is 11.6 Å². The van der Waals surface area contributed by atoms with Gasteiger partial charge in [-0.15, -0.1) is 0 Å². The van der Waals surface area contributed by atoms with Gasteiger partial charge in [0.2, 0.25) is 0 Å². The van der Waals surface area contributed by atoms with Crippen LogP contribution in [0.4, 0.5) is 0 Å². The number of rotatable bonds is 0. The van der Waals surface area contributed by atoms with Crippen molar-refractivity contribution < 1.29 is 23.7 Å². The van der Waals surface area contributed by atoms with Crippen LogP contribution in [0.1, 0.15) is 58.8 Å². The molecule has 4 aliphatic carbocycles. The number of carbonyl (C=O) groups is 1. The molecule has 6 aliphatic rings. The van der Waals surface area contributed by atoms with E-state index in [0.717, 1.165) is 38.5 Å². The Bertz CT molecular complexity index is 731. The minimum Gasteiger partial charge on any atom is -0.347 e. The molecule has 5 atom stereocenters. The highest BCUT2D eigenvalue weighted by Gasteiger charge is 2.69. The molecule has 28 heavy (non-hydrogen) atoms. The number of fused-ring (bicyclic) bond motifs is 6. The predicted molar refractivity (Wildman–Crippen MR) is 101 cm³/mol. The van der Waals surface area contributed by atoms with Crippen LogP contribution in [0.5, 0.6) is 0 Å². The molecular formula is C23H32O5. The lowest BCUT2D eigenvalue weighted by molar-refractivity contribution is -0.239. The number of ether oxygens (including phenoxy) is 4. The van der Waals surface area contributed by atoms with Crippen LogP contribution in [-0.2, 0) is 23.7 Å². The molecular weight excluding hydrogens is 356 g/mol. The van der Waals surface area contributed by atoms with Crippen molar-refractivity contribution in [2.75, 3.05) is 26.4 Å². The van der Waals surface area contributed by atoms with Gasteiger partial charge < -0.3 is 18.9 Å². The molecule has 0 unspecified atom stereocenters. The number of hydrogen-bond acceptors (Lipinski definition) is 5. The van der Waals surface area contributed by atoms with Crippen LogP contribution in [-0.4, -0.2) is 43.8 Å². The smallest absolute Gasteiger partial charge is 0.188 e. The SMILES string of the molecule is C[C@]12CCC3(C=C1CC[C@@H]1[C@H]4CCC5(OCCO5)[C@]4(C)CC(=O)[C@@H]12)OCCO3. The third-order valence-electron chi connectivity index (χ3n) is 9.39. The van der Waals surface area contributed by atoms with Crippen LogP contribution in [0.15, 0.2) is 11.6 Å². The molecule has 3 saturated carbocycles. The summed E-state index contributed by atoms with van der Waals surface area (Å²) in [6.45, 7) is 7.29. The van der Waals surface area contributed by atoms with Gasteiger partial charge in [-0.1, -0.05) is 19.4 Å². The van der Waals surface area contributed by atoms with Crippen LogP contribution in [0.25, 0.3) is 0 Å². The summed E-state index contributed by atoms with van der Waals surface area (Å²) in [6.07, 6.45) is 8.89. The average Bonchev–Trinajstić information content (AvgIpc) is 3.38. The van der Waals surface area contributed by atoms with Crippen LogP contribution in [0, 0.1) is 28.6 Å². The minimum absolute atomic E-state index is 0.0466. The molecule has 5 heteroatoms. The Morgan fingerprint density at radius 1 is 0.929 bits per heavy atom. The lowest BCUT2D eigenvalue weighted by Gasteiger charge is -2.58. The van der Waals surface area contributed by atoms with Crippen molar-refractivity contribution in [3.8, 4) is 0 Å². The van der Waals surface area contributed by atoms with E-state index in [4.69, 9.17) is 18.9 Å². The van der Waals surface area contributed by atoms with Crippen molar-refractivity contribution in [1.82, 2.24) is 0 Å².